The van der Waals surface area contributed by atoms with Gasteiger partial charge in [0.05, 0.1) is 17.4 Å². The molecule has 19 heavy (non-hydrogen) atoms. The van der Waals surface area contributed by atoms with E-state index in [0.29, 0.717) is 11.1 Å². The molecule has 0 spiro atoms. The van der Waals surface area contributed by atoms with E-state index >= 15 is 0 Å². The summed E-state index contributed by atoms with van der Waals surface area (Å²) in [6, 6.07) is 16.8. The van der Waals surface area contributed by atoms with Crippen molar-refractivity contribution in [3.63, 3.8) is 0 Å². The molecular formula is C16H17ClN2. The molecular weight excluding hydrogens is 256 g/mol. The second kappa shape index (κ2) is 5.14. The van der Waals surface area contributed by atoms with Crippen molar-refractivity contribution in [2.24, 2.45) is 0 Å². The number of anilines is 2. The van der Waals surface area contributed by atoms with Crippen molar-refractivity contribution in [3.05, 3.63) is 59.1 Å². The molecule has 2 nitrogen and oxygen atoms in total. The molecule has 2 aromatic rings. The highest BCUT2D eigenvalue weighted by Crippen LogP contribution is 2.39. The van der Waals surface area contributed by atoms with Crippen LogP contribution in [-0.2, 0) is 0 Å². The molecule has 2 aromatic carbocycles. The van der Waals surface area contributed by atoms with Crippen molar-refractivity contribution < 1.29 is 0 Å². The van der Waals surface area contributed by atoms with Gasteiger partial charge < -0.3 is 10.6 Å². The maximum absolute atomic E-state index is 6.12. The average Bonchev–Trinajstić information content (AvgIpc) is 2.89. The van der Waals surface area contributed by atoms with E-state index in [0.717, 1.165) is 17.9 Å². The highest BCUT2D eigenvalue weighted by Gasteiger charge is 2.27. The zero-order chi connectivity index (χ0) is 13.2. The van der Waals surface area contributed by atoms with Crippen LogP contribution in [0, 0.1) is 0 Å². The summed E-state index contributed by atoms with van der Waals surface area (Å²) in [5.74, 6) is 0. The van der Waals surface area contributed by atoms with Crippen molar-refractivity contribution >= 4 is 23.0 Å². The minimum Gasteiger partial charge on any atom is -0.397 e. The van der Waals surface area contributed by atoms with Gasteiger partial charge in [-0.15, -0.1) is 0 Å². The zero-order valence-electron chi connectivity index (χ0n) is 10.7. The Bertz CT molecular complexity index is 568. The molecule has 1 aliphatic rings. The molecule has 1 atom stereocenters. The normalized spacial score (nSPS) is 18.8. The molecule has 0 radical (unpaired) electrons. The molecule has 0 aliphatic carbocycles. The van der Waals surface area contributed by atoms with E-state index in [-0.39, 0.29) is 0 Å². The quantitative estimate of drug-likeness (QED) is 0.828. The summed E-state index contributed by atoms with van der Waals surface area (Å²) in [5, 5.41) is 0.691. The van der Waals surface area contributed by atoms with E-state index in [2.05, 4.69) is 35.2 Å². The molecule has 1 aliphatic heterocycles. The summed E-state index contributed by atoms with van der Waals surface area (Å²) in [7, 11) is 0. The Labute approximate surface area is 118 Å². The number of rotatable bonds is 2. The van der Waals surface area contributed by atoms with E-state index in [4.69, 9.17) is 17.3 Å². The van der Waals surface area contributed by atoms with Crippen LogP contribution < -0.4 is 10.6 Å². The highest BCUT2D eigenvalue weighted by atomic mass is 35.5. The third-order valence-electron chi connectivity index (χ3n) is 3.74. The number of hydrogen-bond donors (Lipinski definition) is 1. The Kier molecular flexibility index (Phi) is 3.34. The maximum atomic E-state index is 6.12. The molecule has 0 bridgehead atoms. The van der Waals surface area contributed by atoms with E-state index in [9.17, 15) is 0 Å². The molecule has 1 saturated heterocycles. The molecule has 3 heteroatoms. The standard InChI is InChI=1S/C16H17ClN2/c17-13-8-9-16(14(18)11-13)19-10-4-7-15(19)12-5-2-1-3-6-12/h1-3,5-6,8-9,11,15H,4,7,10,18H2. The lowest BCUT2D eigenvalue weighted by molar-refractivity contribution is 0.720. The van der Waals surface area contributed by atoms with Gasteiger partial charge in [0.25, 0.3) is 0 Å². The van der Waals surface area contributed by atoms with Crippen LogP contribution in [-0.4, -0.2) is 6.54 Å². The van der Waals surface area contributed by atoms with Crippen molar-refractivity contribution in [3.8, 4) is 0 Å². The number of halogens is 1. The van der Waals surface area contributed by atoms with Crippen molar-refractivity contribution in [1.29, 1.82) is 0 Å². The molecule has 1 fully saturated rings. The van der Waals surface area contributed by atoms with Gasteiger partial charge in [0.2, 0.25) is 0 Å². The Morgan fingerprint density at radius 1 is 1.11 bits per heavy atom. The van der Waals surface area contributed by atoms with Crippen LogP contribution in [0.25, 0.3) is 0 Å². The summed E-state index contributed by atoms with van der Waals surface area (Å²) in [5.41, 5.74) is 9.32. The number of nitrogens with zero attached hydrogens (tertiary/aromatic N) is 1. The fraction of sp³-hybridized carbons (Fsp3) is 0.250. The highest BCUT2D eigenvalue weighted by molar-refractivity contribution is 6.31. The monoisotopic (exact) mass is 272 g/mol. The second-order valence-corrected chi connectivity index (χ2v) is 5.40. The summed E-state index contributed by atoms with van der Waals surface area (Å²) >= 11 is 5.98. The van der Waals surface area contributed by atoms with Crippen LogP contribution >= 0.6 is 11.6 Å². The van der Waals surface area contributed by atoms with Gasteiger partial charge in [-0.2, -0.15) is 0 Å². The summed E-state index contributed by atoms with van der Waals surface area (Å²) in [6.45, 7) is 1.05. The third-order valence-corrected chi connectivity index (χ3v) is 3.97. The van der Waals surface area contributed by atoms with Gasteiger partial charge in [0.15, 0.2) is 0 Å². The molecule has 2 N–H and O–H groups in total. The van der Waals surface area contributed by atoms with Crippen LogP contribution in [0.3, 0.4) is 0 Å². The molecule has 1 unspecified atom stereocenters. The first-order chi connectivity index (χ1) is 9.25. The summed E-state index contributed by atoms with van der Waals surface area (Å²) in [6.07, 6.45) is 2.37. The zero-order valence-corrected chi connectivity index (χ0v) is 11.5. The van der Waals surface area contributed by atoms with E-state index in [1.165, 1.54) is 18.4 Å². The van der Waals surface area contributed by atoms with Gasteiger partial charge in [0, 0.05) is 11.6 Å². The second-order valence-electron chi connectivity index (χ2n) is 4.97. The van der Waals surface area contributed by atoms with Crippen molar-refractivity contribution in [2.75, 3.05) is 17.2 Å². The van der Waals surface area contributed by atoms with Gasteiger partial charge in [-0.25, -0.2) is 0 Å². The number of benzene rings is 2. The lowest BCUT2D eigenvalue weighted by atomic mass is 10.0. The fourth-order valence-corrected chi connectivity index (χ4v) is 3.04. The van der Waals surface area contributed by atoms with Crippen LogP contribution in [0.5, 0.6) is 0 Å². The predicted molar refractivity (Wildman–Crippen MR) is 81.6 cm³/mol. The molecule has 3 rings (SSSR count). The first-order valence-corrected chi connectivity index (χ1v) is 7.00. The number of hydrogen-bond acceptors (Lipinski definition) is 2. The fourth-order valence-electron chi connectivity index (χ4n) is 2.86. The topological polar surface area (TPSA) is 29.3 Å². The van der Waals surface area contributed by atoms with Gasteiger partial charge in [0.1, 0.15) is 0 Å². The molecule has 98 valence electrons. The van der Waals surface area contributed by atoms with Crippen LogP contribution in [0.15, 0.2) is 48.5 Å². The SMILES string of the molecule is Nc1cc(Cl)ccc1N1CCCC1c1ccccc1. The Morgan fingerprint density at radius 2 is 1.89 bits per heavy atom. The Morgan fingerprint density at radius 3 is 2.63 bits per heavy atom. The lowest BCUT2D eigenvalue weighted by Crippen LogP contribution is -2.23. The Balaban J connectivity index is 1.95. The van der Waals surface area contributed by atoms with Crippen LogP contribution in [0.1, 0.15) is 24.4 Å². The van der Waals surface area contributed by atoms with Gasteiger partial charge in [-0.3, -0.25) is 0 Å². The van der Waals surface area contributed by atoms with Crippen LogP contribution in [0.4, 0.5) is 11.4 Å². The smallest absolute Gasteiger partial charge is 0.0606 e. The third kappa shape index (κ3) is 2.41. The van der Waals surface area contributed by atoms with Crippen molar-refractivity contribution in [2.45, 2.75) is 18.9 Å². The van der Waals surface area contributed by atoms with E-state index < -0.39 is 0 Å². The first-order valence-electron chi connectivity index (χ1n) is 6.62. The average molecular weight is 273 g/mol. The van der Waals surface area contributed by atoms with Gasteiger partial charge in [-0.05, 0) is 36.6 Å². The van der Waals surface area contributed by atoms with Crippen molar-refractivity contribution in [1.82, 2.24) is 0 Å². The molecule has 0 aromatic heterocycles. The minimum atomic E-state index is 0.421. The number of nitrogens with two attached hydrogens (primary N) is 1. The summed E-state index contributed by atoms with van der Waals surface area (Å²) < 4.78 is 0. The maximum Gasteiger partial charge on any atom is 0.0606 e. The lowest BCUT2D eigenvalue weighted by Gasteiger charge is -2.28. The molecule has 1 heterocycles. The first kappa shape index (κ1) is 12.4. The number of nitrogen functional groups attached to an aromatic ring is 1. The van der Waals surface area contributed by atoms with E-state index in [1.807, 2.05) is 18.2 Å². The molecule has 0 saturated carbocycles. The minimum absolute atomic E-state index is 0.421. The van der Waals surface area contributed by atoms with Gasteiger partial charge in [-0.1, -0.05) is 41.9 Å². The van der Waals surface area contributed by atoms with Crippen LogP contribution in [0.2, 0.25) is 5.02 Å². The van der Waals surface area contributed by atoms with Gasteiger partial charge >= 0.3 is 0 Å². The van der Waals surface area contributed by atoms with E-state index in [1.54, 1.807) is 0 Å². The summed E-state index contributed by atoms with van der Waals surface area (Å²) in [4.78, 5) is 2.39. The largest absolute Gasteiger partial charge is 0.397 e. The predicted octanol–water partition coefficient (Wildman–Crippen LogP) is 4.26. The Hall–Kier alpha value is -1.67. The molecule has 0 amide bonds.